The molecule has 0 heterocycles. The van der Waals surface area contributed by atoms with E-state index in [1.807, 2.05) is 0 Å². The maximum absolute atomic E-state index is 12.3. The first-order valence-corrected chi connectivity index (χ1v) is 9.80. The Balaban J connectivity index is 1.50. The van der Waals surface area contributed by atoms with E-state index in [0.717, 1.165) is 25.7 Å². The van der Waals surface area contributed by atoms with Crippen LogP contribution in [0.2, 0.25) is 0 Å². The summed E-state index contributed by atoms with van der Waals surface area (Å²) in [5, 5.41) is 0. The van der Waals surface area contributed by atoms with Crippen LogP contribution in [0.5, 0.6) is 17.2 Å². The molecule has 0 aromatic heterocycles. The van der Waals surface area contributed by atoms with Crippen LogP contribution in [-0.2, 0) is 14.3 Å². The summed E-state index contributed by atoms with van der Waals surface area (Å²) in [6.07, 6.45) is 3.49. The molecule has 0 spiro atoms. The second-order valence-electron chi connectivity index (χ2n) is 6.97. The minimum atomic E-state index is -0.675. The molecule has 0 N–H and O–H groups in total. The van der Waals surface area contributed by atoms with Gasteiger partial charge in [-0.15, -0.1) is 0 Å². The average molecular weight is 408 g/mol. The predicted molar refractivity (Wildman–Crippen MR) is 110 cm³/mol. The fourth-order valence-corrected chi connectivity index (χ4v) is 3.24. The highest BCUT2D eigenvalue weighted by Gasteiger charge is 2.27. The van der Waals surface area contributed by atoms with Gasteiger partial charge in [-0.1, -0.05) is 5.92 Å². The highest BCUT2D eigenvalue weighted by atomic mass is 16.5. The van der Waals surface area contributed by atoms with Crippen molar-refractivity contribution in [3.63, 3.8) is 0 Å². The summed E-state index contributed by atoms with van der Waals surface area (Å²) in [5.74, 6) is 5.61. The minimum Gasteiger partial charge on any atom is -0.497 e. The minimum absolute atomic E-state index is 0.109. The van der Waals surface area contributed by atoms with Gasteiger partial charge in [0, 0.05) is 18.6 Å². The molecule has 1 aliphatic rings. The van der Waals surface area contributed by atoms with Crippen LogP contribution in [0.3, 0.4) is 0 Å². The van der Waals surface area contributed by atoms with E-state index >= 15 is 0 Å². The third-order valence-corrected chi connectivity index (χ3v) is 4.99. The molecule has 2 aromatic rings. The van der Waals surface area contributed by atoms with Crippen LogP contribution >= 0.6 is 0 Å². The van der Waals surface area contributed by atoms with E-state index < -0.39 is 5.97 Å². The van der Waals surface area contributed by atoms with E-state index in [4.69, 9.17) is 18.9 Å². The Morgan fingerprint density at radius 2 is 1.37 bits per heavy atom. The second kappa shape index (κ2) is 10.5. The van der Waals surface area contributed by atoms with Gasteiger partial charge in [0.25, 0.3) is 0 Å². The summed E-state index contributed by atoms with van der Waals surface area (Å²) in [5.41, 5.74) is 0.676. The Hall–Kier alpha value is -3.30. The summed E-state index contributed by atoms with van der Waals surface area (Å²) in [6.45, 7) is 0. The lowest BCUT2D eigenvalue weighted by molar-refractivity contribution is -0.140. The number of hydrogen-bond acceptors (Lipinski definition) is 6. The van der Waals surface area contributed by atoms with Crippen molar-refractivity contribution in [2.24, 2.45) is 5.92 Å². The molecule has 0 radical (unpaired) electrons. The van der Waals surface area contributed by atoms with Crippen LogP contribution in [-0.4, -0.2) is 32.3 Å². The van der Waals surface area contributed by atoms with Gasteiger partial charge in [0.1, 0.15) is 17.2 Å². The highest BCUT2D eigenvalue weighted by Crippen LogP contribution is 2.28. The van der Waals surface area contributed by atoms with E-state index in [2.05, 4.69) is 11.8 Å². The standard InChI is InChI=1S/C24H24O6/c1-27-19-8-3-17(4-9-19)5-16-23(25)29-21-12-14-22(15-13-21)30-24(26)18-6-10-20(28-2)11-7-18/h3-4,8-9,12-15,18,20H,6-7,10-11H2,1-2H3/t18-,20-. The summed E-state index contributed by atoms with van der Waals surface area (Å²) in [6, 6.07) is 13.4. The Morgan fingerprint density at radius 3 is 1.93 bits per heavy atom. The number of methoxy groups -OCH3 is 2. The van der Waals surface area contributed by atoms with E-state index in [1.165, 1.54) is 0 Å². The molecule has 2 aromatic carbocycles. The van der Waals surface area contributed by atoms with Crippen molar-refractivity contribution in [1.82, 2.24) is 0 Å². The second-order valence-corrected chi connectivity index (χ2v) is 6.97. The number of carbonyl (C=O) groups excluding carboxylic acids is 2. The van der Waals surface area contributed by atoms with Gasteiger partial charge in [0.05, 0.1) is 19.1 Å². The van der Waals surface area contributed by atoms with Gasteiger partial charge in [0.2, 0.25) is 0 Å². The third kappa shape index (κ3) is 6.10. The quantitative estimate of drug-likeness (QED) is 0.426. The molecular weight excluding hydrogens is 384 g/mol. The van der Waals surface area contributed by atoms with E-state index in [9.17, 15) is 9.59 Å². The molecule has 6 heteroatoms. The molecule has 1 fully saturated rings. The number of carbonyl (C=O) groups is 2. The monoisotopic (exact) mass is 408 g/mol. The first kappa shape index (κ1) is 21.4. The van der Waals surface area contributed by atoms with Crippen molar-refractivity contribution in [2.45, 2.75) is 31.8 Å². The van der Waals surface area contributed by atoms with Crippen molar-refractivity contribution in [1.29, 1.82) is 0 Å². The zero-order valence-electron chi connectivity index (χ0n) is 17.1. The lowest BCUT2D eigenvalue weighted by atomic mass is 9.87. The van der Waals surface area contributed by atoms with Crippen molar-refractivity contribution in [3.8, 4) is 29.1 Å². The Kier molecular flexibility index (Phi) is 7.47. The Labute approximate surface area is 176 Å². The number of rotatable bonds is 5. The number of benzene rings is 2. The van der Waals surface area contributed by atoms with Crippen LogP contribution < -0.4 is 14.2 Å². The van der Waals surface area contributed by atoms with Gasteiger partial charge in [-0.2, -0.15) is 0 Å². The molecule has 1 aliphatic carbocycles. The lowest BCUT2D eigenvalue weighted by Gasteiger charge is -2.26. The molecule has 1 saturated carbocycles. The fraction of sp³-hybridized carbons (Fsp3) is 0.333. The molecule has 156 valence electrons. The van der Waals surface area contributed by atoms with Crippen LogP contribution in [0, 0.1) is 17.8 Å². The summed E-state index contributed by atoms with van der Waals surface area (Å²) < 4.78 is 21.0. The van der Waals surface area contributed by atoms with Gasteiger partial charge in [-0.3, -0.25) is 4.79 Å². The average Bonchev–Trinajstić information content (AvgIpc) is 2.79. The maximum atomic E-state index is 12.3. The largest absolute Gasteiger partial charge is 0.497 e. The number of hydrogen-bond donors (Lipinski definition) is 0. The molecule has 0 atom stereocenters. The van der Waals surface area contributed by atoms with Gasteiger partial charge in [-0.25, -0.2) is 4.79 Å². The van der Waals surface area contributed by atoms with Gasteiger partial charge >= 0.3 is 11.9 Å². The Bertz CT molecular complexity index is 913. The van der Waals surface area contributed by atoms with Gasteiger partial charge < -0.3 is 18.9 Å². The molecule has 0 bridgehead atoms. The van der Waals surface area contributed by atoms with Gasteiger partial charge in [0.15, 0.2) is 0 Å². The number of ether oxygens (including phenoxy) is 4. The van der Waals surface area contributed by atoms with Crippen molar-refractivity contribution in [2.75, 3.05) is 14.2 Å². The van der Waals surface area contributed by atoms with Gasteiger partial charge in [-0.05, 0) is 74.2 Å². The first-order chi connectivity index (χ1) is 14.6. The van der Waals surface area contributed by atoms with Crippen LogP contribution in [0.15, 0.2) is 48.5 Å². The molecule has 0 amide bonds. The molecule has 0 saturated heterocycles. The van der Waals surface area contributed by atoms with E-state index in [-0.39, 0.29) is 18.0 Å². The molecule has 6 nitrogen and oxygen atoms in total. The molecular formula is C24H24O6. The number of esters is 2. The Morgan fingerprint density at radius 1 is 0.800 bits per heavy atom. The normalized spacial score (nSPS) is 17.9. The third-order valence-electron chi connectivity index (χ3n) is 4.99. The predicted octanol–water partition coefficient (Wildman–Crippen LogP) is 3.76. The maximum Gasteiger partial charge on any atom is 0.390 e. The topological polar surface area (TPSA) is 71.1 Å². The summed E-state index contributed by atoms with van der Waals surface area (Å²) in [4.78, 5) is 24.2. The zero-order valence-corrected chi connectivity index (χ0v) is 17.1. The summed E-state index contributed by atoms with van der Waals surface area (Å²) in [7, 11) is 3.28. The van der Waals surface area contributed by atoms with Crippen molar-refractivity contribution >= 4 is 11.9 Å². The summed E-state index contributed by atoms with van der Waals surface area (Å²) >= 11 is 0. The molecule has 30 heavy (non-hydrogen) atoms. The van der Waals surface area contributed by atoms with Crippen molar-refractivity contribution < 1.29 is 28.5 Å². The molecule has 0 aliphatic heterocycles. The van der Waals surface area contributed by atoms with E-state index in [0.29, 0.717) is 22.8 Å². The molecule has 3 rings (SSSR count). The SMILES string of the molecule is COc1ccc(C#CC(=O)Oc2ccc(OC(=O)[C@H]3CC[C@H](OC)CC3)cc2)cc1. The zero-order chi connectivity index (χ0) is 21.3. The van der Waals surface area contributed by atoms with Crippen LogP contribution in [0.4, 0.5) is 0 Å². The molecule has 0 unspecified atom stereocenters. The van der Waals surface area contributed by atoms with Crippen LogP contribution in [0.25, 0.3) is 0 Å². The fourth-order valence-electron chi connectivity index (χ4n) is 3.24. The highest BCUT2D eigenvalue weighted by molar-refractivity contribution is 5.90. The lowest BCUT2D eigenvalue weighted by Crippen LogP contribution is -2.28. The van der Waals surface area contributed by atoms with Crippen LogP contribution in [0.1, 0.15) is 31.2 Å². The smallest absolute Gasteiger partial charge is 0.390 e. The van der Waals surface area contributed by atoms with Crippen molar-refractivity contribution in [3.05, 3.63) is 54.1 Å². The van der Waals surface area contributed by atoms with E-state index in [1.54, 1.807) is 62.8 Å². The first-order valence-electron chi connectivity index (χ1n) is 9.80.